The lowest BCUT2D eigenvalue weighted by atomic mass is 10.2. The number of amides is 1. The summed E-state index contributed by atoms with van der Waals surface area (Å²) in [6.07, 6.45) is 0. The molecule has 7 nitrogen and oxygen atoms in total. The Hall–Kier alpha value is -2.02. The quantitative estimate of drug-likeness (QED) is 0.690. The summed E-state index contributed by atoms with van der Waals surface area (Å²) in [7, 11) is 0. The van der Waals surface area contributed by atoms with Gasteiger partial charge in [0.2, 0.25) is 0 Å². The van der Waals surface area contributed by atoms with Gasteiger partial charge in [0.15, 0.2) is 6.61 Å². The molecule has 0 atom stereocenters. The molecule has 0 aliphatic rings. The highest BCUT2D eigenvalue weighted by Gasteiger charge is 2.11. The summed E-state index contributed by atoms with van der Waals surface area (Å²) in [4.78, 5) is 26.1. The molecule has 1 aromatic rings. The molecule has 0 aliphatic carbocycles. The van der Waals surface area contributed by atoms with E-state index in [0.717, 1.165) is 0 Å². The molecule has 0 aromatic carbocycles. The maximum atomic E-state index is 11.5. The predicted octanol–water partition coefficient (Wildman–Crippen LogP) is -0.161. The van der Waals surface area contributed by atoms with Gasteiger partial charge in [-0.25, -0.2) is 10.3 Å². The number of nitrogens with zero attached hydrogens (tertiary/aromatic N) is 2. The summed E-state index contributed by atoms with van der Waals surface area (Å²) in [5, 5.41) is 15.8. The molecule has 0 spiro atoms. The Bertz CT molecular complexity index is 419. The molecular weight excluding hydrogens is 214 g/mol. The van der Waals surface area contributed by atoms with E-state index >= 15 is 0 Å². The molecule has 0 bridgehead atoms. The highest BCUT2D eigenvalue weighted by atomic mass is 16.7. The van der Waals surface area contributed by atoms with E-state index in [1.807, 2.05) is 5.48 Å². The number of carbonyl (C=O) groups excluding carboxylic acids is 1. The Labute approximate surface area is 91.4 Å². The van der Waals surface area contributed by atoms with Crippen molar-refractivity contribution in [3.05, 3.63) is 23.0 Å². The Kier molecular flexibility index (Phi) is 3.90. The first-order valence-corrected chi connectivity index (χ1v) is 4.45. The molecule has 2 N–H and O–H groups in total. The third-order valence-electron chi connectivity index (χ3n) is 1.71. The molecule has 1 amide bonds. The standard InChI is InChI=1S/C9H11N3O4/c1-5-3-7(6(2)11-10-5)9(15)12-16-4-8(13)14/h3H,4H2,1-2H3,(H,12,15)(H,13,14). The number of aryl methyl sites for hydroxylation is 2. The van der Waals surface area contributed by atoms with Gasteiger partial charge in [-0.3, -0.25) is 9.63 Å². The number of hydrogen-bond donors (Lipinski definition) is 2. The SMILES string of the molecule is Cc1cc(C(=O)NOCC(=O)O)c(C)nn1. The van der Waals surface area contributed by atoms with Gasteiger partial charge in [0, 0.05) is 0 Å². The zero-order valence-corrected chi connectivity index (χ0v) is 8.85. The first-order chi connectivity index (χ1) is 7.50. The van der Waals surface area contributed by atoms with Crippen LogP contribution < -0.4 is 5.48 Å². The van der Waals surface area contributed by atoms with E-state index in [4.69, 9.17) is 5.11 Å². The molecule has 1 rings (SSSR count). The predicted molar refractivity (Wildman–Crippen MR) is 52.6 cm³/mol. The number of carbonyl (C=O) groups is 2. The van der Waals surface area contributed by atoms with Gasteiger partial charge in [0.1, 0.15) is 0 Å². The van der Waals surface area contributed by atoms with E-state index in [1.54, 1.807) is 19.9 Å². The first kappa shape index (κ1) is 12.1. The van der Waals surface area contributed by atoms with Crippen molar-refractivity contribution >= 4 is 11.9 Å². The minimum atomic E-state index is -1.17. The monoisotopic (exact) mass is 225 g/mol. The van der Waals surface area contributed by atoms with Crippen LogP contribution in [0.3, 0.4) is 0 Å². The Morgan fingerprint density at radius 1 is 1.44 bits per heavy atom. The lowest BCUT2D eigenvalue weighted by Crippen LogP contribution is -2.27. The summed E-state index contributed by atoms with van der Waals surface area (Å²) >= 11 is 0. The fraction of sp³-hybridized carbons (Fsp3) is 0.333. The number of nitrogens with one attached hydrogen (secondary N) is 1. The second-order valence-corrected chi connectivity index (χ2v) is 3.10. The second kappa shape index (κ2) is 5.17. The normalized spacial score (nSPS) is 9.88. The van der Waals surface area contributed by atoms with E-state index in [2.05, 4.69) is 15.0 Å². The molecule has 1 aromatic heterocycles. The van der Waals surface area contributed by atoms with Crippen molar-refractivity contribution < 1.29 is 19.5 Å². The number of carboxylic acids is 1. The third kappa shape index (κ3) is 3.28. The van der Waals surface area contributed by atoms with Gasteiger partial charge in [0.25, 0.3) is 5.91 Å². The highest BCUT2D eigenvalue weighted by molar-refractivity contribution is 5.94. The van der Waals surface area contributed by atoms with Gasteiger partial charge in [-0.05, 0) is 19.9 Å². The van der Waals surface area contributed by atoms with Crippen LogP contribution in [0.25, 0.3) is 0 Å². The largest absolute Gasteiger partial charge is 0.479 e. The van der Waals surface area contributed by atoms with Crippen LogP contribution in [0.1, 0.15) is 21.7 Å². The van der Waals surface area contributed by atoms with E-state index in [-0.39, 0.29) is 0 Å². The summed E-state index contributed by atoms with van der Waals surface area (Å²) in [6, 6.07) is 1.54. The van der Waals surface area contributed by atoms with Crippen molar-refractivity contribution in [1.29, 1.82) is 0 Å². The molecule has 0 aliphatic heterocycles. The molecule has 16 heavy (non-hydrogen) atoms. The lowest BCUT2D eigenvalue weighted by Gasteiger charge is -2.05. The van der Waals surface area contributed by atoms with E-state index in [1.165, 1.54) is 0 Å². The van der Waals surface area contributed by atoms with E-state index in [0.29, 0.717) is 17.0 Å². The van der Waals surface area contributed by atoms with Crippen LogP contribution >= 0.6 is 0 Å². The van der Waals surface area contributed by atoms with Gasteiger partial charge in [-0.15, -0.1) is 0 Å². The smallest absolute Gasteiger partial charge is 0.332 e. The highest BCUT2D eigenvalue weighted by Crippen LogP contribution is 2.04. The number of aromatic nitrogens is 2. The van der Waals surface area contributed by atoms with Crippen molar-refractivity contribution in [2.45, 2.75) is 13.8 Å². The van der Waals surface area contributed by atoms with Crippen molar-refractivity contribution in [1.82, 2.24) is 15.7 Å². The summed E-state index contributed by atoms with van der Waals surface area (Å²) in [6.45, 7) is 2.72. The Balaban J connectivity index is 2.65. The number of hydroxylamine groups is 1. The fourth-order valence-electron chi connectivity index (χ4n) is 0.998. The van der Waals surface area contributed by atoms with Gasteiger partial charge < -0.3 is 5.11 Å². The summed E-state index contributed by atoms with van der Waals surface area (Å²) < 4.78 is 0. The average molecular weight is 225 g/mol. The zero-order chi connectivity index (χ0) is 12.1. The average Bonchev–Trinajstić information content (AvgIpc) is 2.21. The number of hydrogen-bond acceptors (Lipinski definition) is 5. The summed E-state index contributed by atoms with van der Waals surface area (Å²) in [5.41, 5.74) is 3.35. The number of carboxylic acid groups (broad SMARTS) is 1. The Morgan fingerprint density at radius 2 is 2.12 bits per heavy atom. The Morgan fingerprint density at radius 3 is 2.75 bits per heavy atom. The maximum Gasteiger partial charge on any atom is 0.332 e. The third-order valence-corrected chi connectivity index (χ3v) is 1.71. The van der Waals surface area contributed by atoms with Gasteiger partial charge in [-0.2, -0.15) is 10.2 Å². The lowest BCUT2D eigenvalue weighted by molar-refractivity contribution is -0.144. The van der Waals surface area contributed by atoms with Crippen LogP contribution in [0.4, 0.5) is 0 Å². The van der Waals surface area contributed by atoms with Crippen molar-refractivity contribution in [3.63, 3.8) is 0 Å². The molecule has 1 heterocycles. The van der Waals surface area contributed by atoms with Crippen LogP contribution in [0.5, 0.6) is 0 Å². The summed E-state index contributed by atoms with van der Waals surface area (Å²) in [5.74, 6) is -1.71. The molecule has 0 saturated heterocycles. The van der Waals surface area contributed by atoms with Crippen LogP contribution in [0, 0.1) is 13.8 Å². The minimum absolute atomic E-state index is 0.304. The number of rotatable bonds is 4. The van der Waals surface area contributed by atoms with Crippen LogP contribution in [-0.4, -0.2) is 33.8 Å². The molecule has 0 unspecified atom stereocenters. The fourth-order valence-corrected chi connectivity index (χ4v) is 0.998. The molecule has 7 heteroatoms. The van der Waals surface area contributed by atoms with Crippen LogP contribution in [0.2, 0.25) is 0 Å². The van der Waals surface area contributed by atoms with Crippen LogP contribution in [0.15, 0.2) is 6.07 Å². The number of aliphatic carboxylic acids is 1. The molecule has 0 saturated carbocycles. The van der Waals surface area contributed by atoms with Gasteiger partial charge in [0.05, 0.1) is 17.0 Å². The van der Waals surface area contributed by atoms with Gasteiger partial charge in [-0.1, -0.05) is 0 Å². The molecular formula is C9H11N3O4. The van der Waals surface area contributed by atoms with Crippen LogP contribution in [-0.2, 0) is 9.63 Å². The van der Waals surface area contributed by atoms with E-state index < -0.39 is 18.5 Å². The van der Waals surface area contributed by atoms with Crippen molar-refractivity contribution in [2.75, 3.05) is 6.61 Å². The van der Waals surface area contributed by atoms with E-state index in [9.17, 15) is 9.59 Å². The minimum Gasteiger partial charge on any atom is -0.479 e. The first-order valence-electron chi connectivity index (χ1n) is 4.45. The zero-order valence-electron chi connectivity index (χ0n) is 8.85. The van der Waals surface area contributed by atoms with Crippen molar-refractivity contribution in [2.24, 2.45) is 0 Å². The second-order valence-electron chi connectivity index (χ2n) is 3.10. The molecule has 86 valence electrons. The topological polar surface area (TPSA) is 101 Å². The van der Waals surface area contributed by atoms with Crippen molar-refractivity contribution in [3.8, 4) is 0 Å². The van der Waals surface area contributed by atoms with Gasteiger partial charge >= 0.3 is 5.97 Å². The maximum absolute atomic E-state index is 11.5. The molecule has 0 fully saturated rings. The molecule has 0 radical (unpaired) electrons.